The van der Waals surface area contributed by atoms with Gasteiger partial charge < -0.3 is 20.7 Å². The van der Waals surface area contributed by atoms with Crippen LogP contribution in [0.2, 0.25) is 0 Å². The first-order valence-electron chi connectivity index (χ1n) is 12.1. The lowest BCUT2D eigenvalue weighted by atomic mass is 9.80. The zero-order valence-electron chi connectivity index (χ0n) is 19.9. The number of hydrogen-bond acceptors (Lipinski definition) is 6. The monoisotopic (exact) mass is 477 g/mol. The largest absolute Gasteiger partial charge is 0.573 e. The molecule has 9 heteroatoms. The van der Waals surface area contributed by atoms with E-state index in [1.54, 1.807) is 12.1 Å². The Morgan fingerprint density at radius 2 is 1.79 bits per heavy atom. The Labute approximate surface area is 199 Å². The summed E-state index contributed by atoms with van der Waals surface area (Å²) in [6, 6.07) is 6.30. The van der Waals surface area contributed by atoms with E-state index in [1.165, 1.54) is 24.1 Å². The molecule has 4 rings (SSSR count). The van der Waals surface area contributed by atoms with Crippen LogP contribution in [0.25, 0.3) is 0 Å². The van der Waals surface area contributed by atoms with Gasteiger partial charge in [0.05, 0.1) is 5.69 Å². The number of anilines is 2. The average molecular weight is 478 g/mol. The number of ether oxygens (including phenoxy) is 1. The van der Waals surface area contributed by atoms with Crippen molar-refractivity contribution in [3.63, 3.8) is 0 Å². The summed E-state index contributed by atoms with van der Waals surface area (Å²) in [4.78, 5) is 11.7. The molecule has 2 aromatic rings. The number of nitrogens with zero attached hydrogens (tertiary/aromatic N) is 3. The van der Waals surface area contributed by atoms with Crippen molar-refractivity contribution in [2.24, 2.45) is 11.7 Å². The highest BCUT2D eigenvalue weighted by Crippen LogP contribution is 2.33. The van der Waals surface area contributed by atoms with Gasteiger partial charge in [-0.15, -0.1) is 13.2 Å². The van der Waals surface area contributed by atoms with Gasteiger partial charge in [-0.3, -0.25) is 0 Å². The molecule has 3 N–H and O–H groups in total. The molecule has 1 saturated carbocycles. The summed E-state index contributed by atoms with van der Waals surface area (Å²) in [5.41, 5.74) is 9.37. The van der Waals surface area contributed by atoms with Crippen molar-refractivity contribution >= 4 is 11.8 Å². The third kappa shape index (κ3) is 6.11. The molecular formula is C25H34F3N5O. The van der Waals surface area contributed by atoms with Crippen LogP contribution in [0.5, 0.6) is 5.75 Å². The van der Waals surface area contributed by atoms with E-state index in [9.17, 15) is 13.2 Å². The molecule has 6 nitrogen and oxygen atoms in total. The van der Waals surface area contributed by atoms with Gasteiger partial charge in [0.1, 0.15) is 11.6 Å². The number of halogens is 3. The first kappa shape index (κ1) is 24.6. The molecule has 1 unspecified atom stereocenters. The first-order chi connectivity index (χ1) is 16.2. The third-order valence-corrected chi connectivity index (χ3v) is 6.95. The van der Waals surface area contributed by atoms with Gasteiger partial charge in [0.2, 0.25) is 5.95 Å². The van der Waals surface area contributed by atoms with E-state index in [2.05, 4.69) is 15.0 Å². The maximum atomic E-state index is 12.7. The maximum Gasteiger partial charge on any atom is 0.573 e. The smallest absolute Gasteiger partial charge is 0.406 e. The molecule has 0 radical (unpaired) electrons. The Bertz CT molecular complexity index is 974. The Kier molecular flexibility index (Phi) is 7.50. The number of fused-ring (bicyclic) bond motifs is 1. The van der Waals surface area contributed by atoms with Gasteiger partial charge in [-0.2, -0.15) is 4.98 Å². The maximum absolute atomic E-state index is 12.7. The summed E-state index contributed by atoms with van der Waals surface area (Å²) >= 11 is 0. The van der Waals surface area contributed by atoms with E-state index in [1.807, 2.05) is 14.1 Å². The van der Waals surface area contributed by atoms with Gasteiger partial charge >= 0.3 is 6.36 Å². The summed E-state index contributed by atoms with van der Waals surface area (Å²) in [7, 11) is 4.04. The second-order valence-electron chi connectivity index (χ2n) is 9.68. The van der Waals surface area contributed by atoms with E-state index >= 15 is 0 Å². The van der Waals surface area contributed by atoms with E-state index in [4.69, 9.17) is 15.7 Å². The van der Waals surface area contributed by atoms with Gasteiger partial charge in [0.15, 0.2) is 0 Å². The minimum absolute atomic E-state index is 0.165. The summed E-state index contributed by atoms with van der Waals surface area (Å²) in [5.74, 6) is 1.78. The Hall–Kier alpha value is -2.55. The number of hydrogen-bond donors (Lipinski definition) is 2. The van der Waals surface area contributed by atoms with Gasteiger partial charge in [0.25, 0.3) is 0 Å². The second-order valence-corrected chi connectivity index (χ2v) is 9.68. The standard InChI is InChI=1S/C25H34F3N5O/c1-33(2)23-19-8-4-5-9-21(19)31-24(32-23)30-18-13-11-16(12-14-18)20(29)15-17-7-3-6-10-22(17)34-25(26,27)28/h3,6-7,10,16,18,20H,4-5,8-9,11-15,29H2,1-2H3,(H,30,31,32). The molecule has 1 aromatic heterocycles. The summed E-state index contributed by atoms with van der Waals surface area (Å²) < 4.78 is 42.4. The van der Waals surface area contributed by atoms with Crippen LogP contribution in [0.1, 0.15) is 55.3 Å². The van der Waals surface area contributed by atoms with Gasteiger partial charge in [-0.1, -0.05) is 18.2 Å². The SMILES string of the molecule is CN(C)c1nc(NC2CCC(C(N)Cc3ccccc3OC(F)(F)F)CC2)nc2c1CCCC2. The third-order valence-electron chi connectivity index (χ3n) is 6.95. The second kappa shape index (κ2) is 10.4. The Balaban J connectivity index is 1.35. The van der Waals surface area contributed by atoms with Crippen LogP contribution in [0.4, 0.5) is 24.9 Å². The zero-order valence-corrected chi connectivity index (χ0v) is 19.9. The van der Waals surface area contributed by atoms with Crippen LogP contribution >= 0.6 is 0 Å². The lowest BCUT2D eigenvalue weighted by Gasteiger charge is -2.33. The lowest BCUT2D eigenvalue weighted by Crippen LogP contribution is -2.38. The Morgan fingerprint density at radius 1 is 1.09 bits per heavy atom. The molecule has 0 bridgehead atoms. The Morgan fingerprint density at radius 3 is 2.50 bits per heavy atom. The van der Waals surface area contributed by atoms with Crippen LogP contribution in [-0.2, 0) is 19.3 Å². The van der Waals surface area contributed by atoms with Crippen LogP contribution in [0.3, 0.4) is 0 Å². The number of para-hydroxylation sites is 1. The van der Waals surface area contributed by atoms with Crippen molar-refractivity contribution in [1.82, 2.24) is 9.97 Å². The van der Waals surface area contributed by atoms with Gasteiger partial charge in [-0.25, -0.2) is 4.98 Å². The topological polar surface area (TPSA) is 76.3 Å². The van der Waals surface area contributed by atoms with Crippen LogP contribution in [-0.4, -0.2) is 42.5 Å². The number of rotatable bonds is 7. The molecule has 1 heterocycles. The van der Waals surface area contributed by atoms with Crippen molar-refractivity contribution in [3.05, 3.63) is 41.1 Å². The molecule has 0 aliphatic heterocycles. The minimum Gasteiger partial charge on any atom is -0.406 e. The quantitative estimate of drug-likeness (QED) is 0.593. The van der Waals surface area contributed by atoms with Crippen molar-refractivity contribution in [1.29, 1.82) is 0 Å². The van der Waals surface area contributed by atoms with Crippen molar-refractivity contribution in [2.75, 3.05) is 24.3 Å². The number of aryl methyl sites for hydroxylation is 1. The number of nitrogens with two attached hydrogens (primary N) is 1. The molecular weight excluding hydrogens is 443 g/mol. The molecule has 186 valence electrons. The van der Waals surface area contributed by atoms with E-state index in [0.717, 1.165) is 56.5 Å². The fraction of sp³-hybridized carbons (Fsp3) is 0.600. The first-order valence-corrected chi connectivity index (χ1v) is 12.1. The van der Waals surface area contributed by atoms with Gasteiger partial charge in [0, 0.05) is 31.7 Å². The fourth-order valence-electron chi connectivity index (χ4n) is 5.20. The fourth-order valence-corrected chi connectivity index (χ4v) is 5.20. The van der Waals surface area contributed by atoms with Crippen molar-refractivity contribution in [2.45, 2.75) is 76.2 Å². The highest BCUT2D eigenvalue weighted by Gasteiger charge is 2.33. The number of alkyl halides is 3. The van der Waals surface area contributed by atoms with Crippen molar-refractivity contribution < 1.29 is 17.9 Å². The number of benzene rings is 1. The summed E-state index contributed by atoms with van der Waals surface area (Å²) in [6.45, 7) is 0. The minimum atomic E-state index is -4.71. The molecule has 34 heavy (non-hydrogen) atoms. The summed E-state index contributed by atoms with van der Waals surface area (Å²) in [6.07, 6.45) is 3.69. The van der Waals surface area contributed by atoms with Crippen molar-refractivity contribution in [3.8, 4) is 5.75 Å². The predicted molar refractivity (Wildman–Crippen MR) is 127 cm³/mol. The van der Waals surface area contributed by atoms with E-state index in [-0.39, 0.29) is 23.8 Å². The average Bonchev–Trinajstić information content (AvgIpc) is 2.79. The van der Waals surface area contributed by atoms with Crippen LogP contribution in [0.15, 0.2) is 24.3 Å². The molecule has 1 fully saturated rings. The molecule has 2 aliphatic rings. The molecule has 0 amide bonds. The highest BCUT2D eigenvalue weighted by molar-refractivity contribution is 5.53. The van der Waals surface area contributed by atoms with E-state index in [0.29, 0.717) is 17.9 Å². The molecule has 1 atom stereocenters. The van der Waals surface area contributed by atoms with E-state index < -0.39 is 6.36 Å². The lowest BCUT2D eigenvalue weighted by molar-refractivity contribution is -0.274. The predicted octanol–water partition coefficient (Wildman–Crippen LogP) is 4.86. The summed E-state index contributed by atoms with van der Waals surface area (Å²) in [5, 5.41) is 3.54. The molecule has 0 saturated heterocycles. The number of nitrogens with one attached hydrogen (secondary N) is 1. The highest BCUT2D eigenvalue weighted by atomic mass is 19.4. The van der Waals surface area contributed by atoms with Crippen LogP contribution in [0, 0.1) is 5.92 Å². The van der Waals surface area contributed by atoms with Crippen LogP contribution < -0.4 is 20.7 Å². The molecule has 1 aromatic carbocycles. The zero-order chi connectivity index (χ0) is 24.3. The van der Waals surface area contributed by atoms with Gasteiger partial charge in [-0.05, 0) is 75.3 Å². The molecule has 0 spiro atoms. The number of aromatic nitrogens is 2. The normalized spacial score (nSPS) is 21.5. The molecule has 2 aliphatic carbocycles.